The van der Waals surface area contributed by atoms with E-state index in [0.29, 0.717) is 26.3 Å². The van der Waals surface area contributed by atoms with Gasteiger partial charge in [-0.25, -0.2) is 9.97 Å². The summed E-state index contributed by atoms with van der Waals surface area (Å²) in [5.41, 5.74) is 2.82. The number of ether oxygens (including phenoxy) is 1. The van der Waals surface area contributed by atoms with Gasteiger partial charge in [-0.1, -0.05) is 23.9 Å². The van der Waals surface area contributed by atoms with Crippen LogP contribution in [0.3, 0.4) is 0 Å². The Kier molecular flexibility index (Phi) is 6.86. The molecule has 8 heteroatoms. The van der Waals surface area contributed by atoms with Crippen LogP contribution in [0, 0.1) is 6.92 Å². The molecule has 1 aromatic carbocycles. The van der Waals surface area contributed by atoms with Gasteiger partial charge in [-0.2, -0.15) is 0 Å². The van der Waals surface area contributed by atoms with Crippen molar-refractivity contribution in [3.8, 4) is 0 Å². The van der Waals surface area contributed by atoms with E-state index in [2.05, 4.69) is 34.0 Å². The number of piperazine rings is 1. The molecule has 2 fully saturated rings. The Morgan fingerprint density at radius 2 is 1.83 bits per heavy atom. The fraction of sp³-hybridized carbons (Fsp3) is 0.500. The second-order valence-electron chi connectivity index (χ2n) is 7.83. The van der Waals surface area contributed by atoms with Gasteiger partial charge in [-0.05, 0) is 31.7 Å². The normalized spacial score (nSPS) is 17.9. The number of hydrogen-bond donors (Lipinski definition) is 0. The number of anilines is 1. The van der Waals surface area contributed by atoms with Gasteiger partial charge in [0.25, 0.3) is 5.91 Å². The Morgan fingerprint density at radius 1 is 1.07 bits per heavy atom. The second kappa shape index (κ2) is 9.76. The first kappa shape index (κ1) is 21.1. The van der Waals surface area contributed by atoms with Crippen LogP contribution in [0.4, 0.5) is 5.82 Å². The summed E-state index contributed by atoms with van der Waals surface area (Å²) in [7, 11) is 2.15. The van der Waals surface area contributed by atoms with Gasteiger partial charge in [-0.15, -0.1) is 0 Å². The van der Waals surface area contributed by atoms with E-state index in [9.17, 15) is 4.79 Å². The molecule has 1 amide bonds. The van der Waals surface area contributed by atoms with E-state index in [1.54, 1.807) is 11.8 Å². The Hall–Kier alpha value is -2.16. The van der Waals surface area contributed by atoms with Crippen molar-refractivity contribution >= 4 is 23.5 Å². The molecule has 2 aromatic rings. The number of benzene rings is 1. The molecular formula is C22H29N5O2S. The molecule has 2 aliphatic rings. The molecule has 2 saturated heterocycles. The van der Waals surface area contributed by atoms with Crippen molar-refractivity contribution in [3.05, 3.63) is 47.2 Å². The summed E-state index contributed by atoms with van der Waals surface area (Å²) >= 11 is 1.62. The third kappa shape index (κ3) is 5.30. The zero-order valence-electron chi connectivity index (χ0n) is 17.7. The number of aryl methyl sites for hydroxylation is 1. The molecule has 30 heavy (non-hydrogen) atoms. The highest BCUT2D eigenvalue weighted by molar-refractivity contribution is 7.98. The van der Waals surface area contributed by atoms with Gasteiger partial charge in [0.05, 0.1) is 13.2 Å². The summed E-state index contributed by atoms with van der Waals surface area (Å²) < 4.78 is 5.35. The molecule has 160 valence electrons. The standard InChI is InChI=1S/C22H29N5O2S/c1-17-14-20(26-8-6-25(2)7-9-26)24-22(23-17)30-16-18-4-3-5-19(15-18)21(28)27-10-12-29-13-11-27/h3-5,14-15H,6-13,16H2,1-2H3. The number of carbonyl (C=O) groups excluding carboxylic acids is 1. The van der Waals surface area contributed by atoms with E-state index in [-0.39, 0.29) is 5.91 Å². The lowest BCUT2D eigenvalue weighted by Crippen LogP contribution is -2.44. The van der Waals surface area contributed by atoms with Gasteiger partial charge in [0.15, 0.2) is 5.16 Å². The maximum atomic E-state index is 12.7. The Morgan fingerprint density at radius 3 is 2.60 bits per heavy atom. The smallest absolute Gasteiger partial charge is 0.254 e. The van der Waals surface area contributed by atoms with Crippen LogP contribution in [0.2, 0.25) is 0 Å². The number of amides is 1. The van der Waals surface area contributed by atoms with E-state index < -0.39 is 0 Å². The summed E-state index contributed by atoms with van der Waals surface area (Å²) in [6.07, 6.45) is 0. The van der Waals surface area contributed by atoms with Crippen LogP contribution in [0.5, 0.6) is 0 Å². The summed E-state index contributed by atoms with van der Waals surface area (Å²) in [5.74, 6) is 1.82. The Labute approximate surface area is 182 Å². The van der Waals surface area contributed by atoms with Gasteiger partial charge in [0.1, 0.15) is 5.82 Å². The monoisotopic (exact) mass is 427 g/mol. The molecule has 0 bridgehead atoms. The lowest BCUT2D eigenvalue weighted by molar-refractivity contribution is 0.0303. The number of morpholine rings is 1. The molecule has 4 rings (SSSR count). The predicted molar refractivity (Wildman–Crippen MR) is 119 cm³/mol. The predicted octanol–water partition coefficient (Wildman–Crippen LogP) is 2.30. The fourth-order valence-electron chi connectivity index (χ4n) is 3.68. The highest BCUT2D eigenvalue weighted by atomic mass is 32.2. The van der Waals surface area contributed by atoms with Gasteiger partial charge in [0, 0.05) is 62.3 Å². The average molecular weight is 428 g/mol. The Balaban J connectivity index is 1.41. The fourth-order valence-corrected chi connectivity index (χ4v) is 4.52. The van der Waals surface area contributed by atoms with Crippen LogP contribution >= 0.6 is 11.8 Å². The largest absolute Gasteiger partial charge is 0.378 e. The highest BCUT2D eigenvalue weighted by Gasteiger charge is 2.19. The number of hydrogen-bond acceptors (Lipinski definition) is 7. The van der Waals surface area contributed by atoms with Crippen LogP contribution in [0.1, 0.15) is 21.6 Å². The first-order valence-corrected chi connectivity index (χ1v) is 11.4. The Bertz CT molecular complexity index is 880. The number of nitrogens with zero attached hydrogens (tertiary/aromatic N) is 5. The van der Waals surface area contributed by atoms with Crippen molar-refractivity contribution in [2.24, 2.45) is 0 Å². The van der Waals surface area contributed by atoms with Crippen LogP contribution in [0.15, 0.2) is 35.5 Å². The lowest BCUT2D eigenvalue weighted by Gasteiger charge is -2.33. The minimum Gasteiger partial charge on any atom is -0.378 e. The molecule has 0 unspecified atom stereocenters. The molecule has 0 aliphatic carbocycles. The van der Waals surface area contributed by atoms with Crippen LogP contribution in [-0.4, -0.2) is 85.2 Å². The van der Waals surface area contributed by atoms with Crippen LogP contribution in [-0.2, 0) is 10.5 Å². The number of thioether (sulfide) groups is 1. The van der Waals surface area contributed by atoms with Gasteiger partial charge in [-0.3, -0.25) is 4.79 Å². The molecular weight excluding hydrogens is 398 g/mol. The first-order valence-electron chi connectivity index (χ1n) is 10.5. The summed E-state index contributed by atoms with van der Waals surface area (Å²) in [6, 6.07) is 9.95. The van der Waals surface area contributed by atoms with E-state index >= 15 is 0 Å². The topological polar surface area (TPSA) is 61.8 Å². The number of carbonyl (C=O) groups is 1. The molecule has 0 saturated carbocycles. The highest BCUT2D eigenvalue weighted by Crippen LogP contribution is 2.24. The zero-order valence-corrected chi connectivity index (χ0v) is 18.5. The third-order valence-electron chi connectivity index (χ3n) is 5.49. The van der Waals surface area contributed by atoms with Crippen LogP contribution in [0.25, 0.3) is 0 Å². The summed E-state index contributed by atoms with van der Waals surface area (Å²) in [5, 5.41) is 0.786. The van der Waals surface area contributed by atoms with Crippen molar-refractivity contribution in [2.45, 2.75) is 17.8 Å². The lowest BCUT2D eigenvalue weighted by atomic mass is 10.1. The minimum absolute atomic E-state index is 0.0781. The van der Waals surface area contributed by atoms with Crippen molar-refractivity contribution in [1.29, 1.82) is 0 Å². The SMILES string of the molecule is Cc1cc(N2CCN(C)CC2)nc(SCc2cccc(C(=O)N3CCOCC3)c2)n1. The molecule has 0 atom stereocenters. The summed E-state index contributed by atoms with van der Waals surface area (Å²) in [6.45, 7) is 8.64. The van der Waals surface area contributed by atoms with Crippen molar-refractivity contribution in [1.82, 2.24) is 19.8 Å². The second-order valence-corrected chi connectivity index (χ2v) is 8.78. The van der Waals surface area contributed by atoms with E-state index in [0.717, 1.165) is 59.7 Å². The maximum Gasteiger partial charge on any atom is 0.254 e. The number of aromatic nitrogens is 2. The third-order valence-corrected chi connectivity index (χ3v) is 6.41. The summed E-state index contributed by atoms with van der Waals surface area (Å²) in [4.78, 5) is 28.7. The maximum absolute atomic E-state index is 12.7. The number of likely N-dealkylation sites (N-methyl/N-ethyl adjacent to an activating group) is 1. The molecule has 7 nitrogen and oxygen atoms in total. The molecule has 1 aromatic heterocycles. The van der Waals surface area contributed by atoms with Crippen LogP contribution < -0.4 is 4.90 Å². The number of rotatable bonds is 5. The minimum atomic E-state index is 0.0781. The van der Waals surface area contributed by atoms with E-state index in [4.69, 9.17) is 9.72 Å². The van der Waals surface area contributed by atoms with Crippen molar-refractivity contribution in [2.75, 3.05) is 64.4 Å². The first-order chi connectivity index (χ1) is 14.6. The average Bonchev–Trinajstić information content (AvgIpc) is 2.78. The molecule has 3 heterocycles. The zero-order chi connectivity index (χ0) is 20.9. The quantitative estimate of drug-likeness (QED) is 0.536. The van der Waals surface area contributed by atoms with Crippen molar-refractivity contribution in [3.63, 3.8) is 0 Å². The molecule has 0 spiro atoms. The molecule has 2 aliphatic heterocycles. The van der Waals surface area contributed by atoms with Gasteiger partial charge in [0.2, 0.25) is 0 Å². The van der Waals surface area contributed by atoms with Gasteiger partial charge >= 0.3 is 0 Å². The van der Waals surface area contributed by atoms with Gasteiger partial charge < -0.3 is 19.4 Å². The van der Waals surface area contributed by atoms with E-state index in [1.807, 2.05) is 30.0 Å². The van der Waals surface area contributed by atoms with E-state index in [1.165, 1.54) is 0 Å². The molecule has 0 N–H and O–H groups in total. The van der Waals surface area contributed by atoms with Crippen molar-refractivity contribution < 1.29 is 9.53 Å². The molecule has 0 radical (unpaired) electrons.